The Bertz CT molecular complexity index is 1350. The highest BCUT2D eigenvalue weighted by Crippen LogP contribution is 2.27. The standard InChI is InChI=1S/C28H32ClN3O5S/c1-4-16-30-28(34)21(2)31(19-22-10-8-13-25(17-22)37-3)27(33)20-32(24-12-9-11-23(29)18-24)38(35,36)26-14-6-5-7-15-26/h5-15,17-18,21H,4,16,19-20H2,1-3H3,(H,30,34). The lowest BCUT2D eigenvalue weighted by Gasteiger charge is -2.32. The maximum atomic E-state index is 13.8. The van der Waals surface area contributed by atoms with E-state index in [4.69, 9.17) is 16.3 Å². The van der Waals surface area contributed by atoms with Crippen LogP contribution in [0, 0.1) is 0 Å². The molecule has 0 aliphatic rings. The Kier molecular flexibility index (Phi) is 10.2. The van der Waals surface area contributed by atoms with E-state index in [0.717, 1.165) is 16.3 Å². The molecule has 202 valence electrons. The van der Waals surface area contributed by atoms with Gasteiger partial charge in [0.2, 0.25) is 11.8 Å². The van der Waals surface area contributed by atoms with E-state index in [1.165, 1.54) is 23.1 Å². The van der Waals surface area contributed by atoms with Gasteiger partial charge in [-0.3, -0.25) is 13.9 Å². The van der Waals surface area contributed by atoms with Crippen molar-refractivity contribution < 1.29 is 22.7 Å². The molecule has 38 heavy (non-hydrogen) atoms. The van der Waals surface area contributed by atoms with Crippen LogP contribution in [0.2, 0.25) is 5.02 Å². The number of nitrogens with zero attached hydrogens (tertiary/aromatic N) is 2. The van der Waals surface area contributed by atoms with Crippen LogP contribution < -0.4 is 14.4 Å². The molecule has 0 aliphatic heterocycles. The van der Waals surface area contributed by atoms with E-state index in [-0.39, 0.29) is 23.0 Å². The van der Waals surface area contributed by atoms with E-state index in [1.54, 1.807) is 68.6 Å². The largest absolute Gasteiger partial charge is 0.497 e. The summed E-state index contributed by atoms with van der Waals surface area (Å²) in [5.74, 6) is -0.278. The Morgan fingerprint density at radius 3 is 2.37 bits per heavy atom. The number of amides is 2. The number of rotatable bonds is 12. The monoisotopic (exact) mass is 557 g/mol. The fourth-order valence-electron chi connectivity index (χ4n) is 3.83. The van der Waals surface area contributed by atoms with Gasteiger partial charge in [0, 0.05) is 18.1 Å². The lowest BCUT2D eigenvalue weighted by Crippen LogP contribution is -2.51. The first-order valence-corrected chi connectivity index (χ1v) is 14.0. The lowest BCUT2D eigenvalue weighted by atomic mass is 10.1. The molecule has 0 aromatic heterocycles. The number of benzene rings is 3. The second-order valence-electron chi connectivity index (χ2n) is 8.64. The average molecular weight is 558 g/mol. The summed E-state index contributed by atoms with van der Waals surface area (Å²) in [5, 5.41) is 3.14. The topological polar surface area (TPSA) is 96.0 Å². The molecule has 0 radical (unpaired) electrons. The van der Waals surface area contributed by atoms with Gasteiger partial charge >= 0.3 is 0 Å². The van der Waals surface area contributed by atoms with Crippen LogP contribution in [0.1, 0.15) is 25.8 Å². The quantitative estimate of drug-likeness (QED) is 0.354. The molecular weight excluding hydrogens is 526 g/mol. The zero-order chi connectivity index (χ0) is 27.7. The number of hydrogen-bond donors (Lipinski definition) is 1. The smallest absolute Gasteiger partial charge is 0.264 e. The van der Waals surface area contributed by atoms with E-state index >= 15 is 0 Å². The first kappa shape index (κ1) is 29.0. The van der Waals surface area contributed by atoms with Crippen molar-refractivity contribution in [2.24, 2.45) is 0 Å². The van der Waals surface area contributed by atoms with Crippen LogP contribution in [0.25, 0.3) is 0 Å². The number of sulfonamides is 1. The molecule has 3 rings (SSSR count). The molecule has 10 heteroatoms. The Hall–Kier alpha value is -3.56. The van der Waals surface area contributed by atoms with Gasteiger partial charge < -0.3 is 15.0 Å². The van der Waals surface area contributed by atoms with Gasteiger partial charge in [0.15, 0.2) is 0 Å². The van der Waals surface area contributed by atoms with Gasteiger partial charge in [-0.05, 0) is 61.4 Å². The highest BCUT2D eigenvalue weighted by Gasteiger charge is 2.32. The van der Waals surface area contributed by atoms with Crippen molar-refractivity contribution in [3.63, 3.8) is 0 Å². The Morgan fingerprint density at radius 2 is 1.71 bits per heavy atom. The molecular formula is C28H32ClN3O5S. The average Bonchev–Trinajstić information content (AvgIpc) is 2.93. The number of carbonyl (C=O) groups excluding carboxylic acids is 2. The van der Waals surface area contributed by atoms with Gasteiger partial charge in [-0.1, -0.05) is 54.9 Å². The first-order chi connectivity index (χ1) is 18.2. The Labute approximate surface area is 229 Å². The molecule has 1 atom stereocenters. The SMILES string of the molecule is CCCNC(=O)C(C)N(Cc1cccc(OC)c1)C(=O)CN(c1cccc(Cl)c1)S(=O)(=O)c1ccccc1. The van der Waals surface area contributed by atoms with Crippen molar-refractivity contribution in [1.82, 2.24) is 10.2 Å². The van der Waals surface area contributed by atoms with Crippen molar-refractivity contribution in [3.8, 4) is 5.75 Å². The van der Waals surface area contributed by atoms with Crippen LogP contribution in [0.15, 0.2) is 83.8 Å². The van der Waals surface area contributed by atoms with Gasteiger partial charge in [0.05, 0.1) is 17.7 Å². The van der Waals surface area contributed by atoms with Crippen LogP contribution in [0.5, 0.6) is 5.75 Å². The van der Waals surface area contributed by atoms with Gasteiger partial charge in [-0.2, -0.15) is 0 Å². The predicted molar refractivity (Wildman–Crippen MR) is 149 cm³/mol. The predicted octanol–water partition coefficient (Wildman–Crippen LogP) is 4.49. The summed E-state index contributed by atoms with van der Waals surface area (Å²) < 4.78 is 33.7. The van der Waals surface area contributed by atoms with Gasteiger partial charge in [-0.25, -0.2) is 8.42 Å². The molecule has 8 nitrogen and oxygen atoms in total. The normalized spacial score (nSPS) is 11.9. The van der Waals surface area contributed by atoms with Crippen molar-refractivity contribution in [2.45, 2.75) is 37.8 Å². The molecule has 0 aliphatic carbocycles. The Morgan fingerprint density at radius 1 is 1.00 bits per heavy atom. The van der Waals surface area contributed by atoms with E-state index in [2.05, 4.69) is 5.32 Å². The van der Waals surface area contributed by atoms with Gasteiger partial charge in [0.25, 0.3) is 10.0 Å². The molecule has 0 saturated heterocycles. The van der Waals surface area contributed by atoms with E-state index in [0.29, 0.717) is 17.3 Å². The number of hydrogen-bond acceptors (Lipinski definition) is 5. The van der Waals surface area contributed by atoms with Crippen molar-refractivity contribution in [2.75, 3.05) is 24.5 Å². The number of halogens is 1. The van der Waals surface area contributed by atoms with Gasteiger partial charge in [-0.15, -0.1) is 0 Å². The molecule has 0 heterocycles. The summed E-state index contributed by atoms with van der Waals surface area (Å²) in [5.41, 5.74) is 0.965. The molecule has 1 N–H and O–H groups in total. The molecule has 2 amide bonds. The molecule has 3 aromatic rings. The molecule has 1 unspecified atom stereocenters. The third-order valence-electron chi connectivity index (χ3n) is 5.91. The number of methoxy groups -OCH3 is 1. The minimum atomic E-state index is -4.14. The van der Waals surface area contributed by atoms with Crippen LogP contribution in [0.4, 0.5) is 5.69 Å². The fraction of sp³-hybridized carbons (Fsp3) is 0.286. The van der Waals surface area contributed by atoms with E-state index < -0.39 is 28.5 Å². The zero-order valence-corrected chi connectivity index (χ0v) is 23.2. The number of carbonyl (C=O) groups is 2. The van der Waals surface area contributed by atoms with E-state index in [9.17, 15) is 18.0 Å². The number of nitrogens with one attached hydrogen (secondary N) is 1. The second kappa shape index (κ2) is 13.3. The van der Waals surface area contributed by atoms with Crippen LogP contribution >= 0.6 is 11.6 Å². The Balaban J connectivity index is 2.01. The molecule has 0 fully saturated rings. The minimum absolute atomic E-state index is 0.0286. The first-order valence-electron chi connectivity index (χ1n) is 12.2. The van der Waals surface area contributed by atoms with Crippen molar-refractivity contribution in [1.29, 1.82) is 0 Å². The summed E-state index contributed by atoms with van der Waals surface area (Å²) in [6, 6.07) is 20.4. The van der Waals surface area contributed by atoms with E-state index in [1.807, 2.05) is 13.0 Å². The van der Waals surface area contributed by atoms with Crippen molar-refractivity contribution >= 4 is 39.1 Å². The third kappa shape index (κ3) is 7.26. The highest BCUT2D eigenvalue weighted by atomic mass is 35.5. The minimum Gasteiger partial charge on any atom is -0.497 e. The van der Waals surface area contributed by atoms with Gasteiger partial charge in [0.1, 0.15) is 18.3 Å². The highest BCUT2D eigenvalue weighted by molar-refractivity contribution is 7.92. The van der Waals surface area contributed by atoms with Crippen molar-refractivity contribution in [3.05, 3.63) is 89.4 Å². The summed E-state index contributed by atoms with van der Waals surface area (Å²) in [7, 11) is -2.59. The summed E-state index contributed by atoms with van der Waals surface area (Å²) in [6.45, 7) is 3.56. The lowest BCUT2D eigenvalue weighted by molar-refractivity contribution is -0.139. The molecule has 0 bridgehead atoms. The molecule has 0 spiro atoms. The van der Waals surface area contributed by atoms with Crippen LogP contribution in [-0.4, -0.2) is 51.4 Å². The second-order valence-corrected chi connectivity index (χ2v) is 10.9. The van der Waals surface area contributed by atoms with Crippen LogP contribution in [-0.2, 0) is 26.2 Å². The molecule has 3 aromatic carbocycles. The summed E-state index contributed by atoms with van der Waals surface area (Å²) in [6.07, 6.45) is 0.736. The summed E-state index contributed by atoms with van der Waals surface area (Å²) in [4.78, 5) is 28.1. The zero-order valence-electron chi connectivity index (χ0n) is 21.6. The fourth-order valence-corrected chi connectivity index (χ4v) is 5.44. The number of ether oxygens (including phenoxy) is 1. The third-order valence-corrected chi connectivity index (χ3v) is 7.93. The van der Waals surface area contributed by atoms with Crippen LogP contribution in [0.3, 0.4) is 0 Å². The number of anilines is 1. The maximum Gasteiger partial charge on any atom is 0.264 e. The summed E-state index contributed by atoms with van der Waals surface area (Å²) >= 11 is 6.18. The molecule has 0 saturated carbocycles. The maximum absolute atomic E-state index is 13.8.